The SMILES string of the molecule is CCC(=O)NC(C(=O)NCC(=O)Nc1ccc(COC(C)=O)cc1)C(C)C. The molecule has 1 aromatic carbocycles. The van der Waals surface area contributed by atoms with Gasteiger partial charge in [-0.15, -0.1) is 0 Å². The highest BCUT2D eigenvalue weighted by Crippen LogP contribution is 2.10. The minimum Gasteiger partial charge on any atom is -0.461 e. The van der Waals surface area contributed by atoms with E-state index >= 15 is 0 Å². The highest BCUT2D eigenvalue weighted by atomic mass is 16.5. The average molecular weight is 377 g/mol. The standard InChI is InChI=1S/C19H27N3O5/c1-5-16(24)22-18(12(2)3)19(26)20-10-17(25)21-15-8-6-14(7-9-15)11-27-13(4)23/h6-9,12,18H,5,10-11H2,1-4H3,(H,20,26)(H,21,25)(H,22,24). The summed E-state index contributed by atoms with van der Waals surface area (Å²) in [6, 6.07) is 6.12. The van der Waals surface area contributed by atoms with Crippen LogP contribution in [0, 0.1) is 5.92 Å². The number of esters is 1. The number of ether oxygens (including phenoxy) is 1. The van der Waals surface area contributed by atoms with E-state index in [1.165, 1.54) is 6.92 Å². The Morgan fingerprint density at radius 1 is 1.04 bits per heavy atom. The van der Waals surface area contributed by atoms with Gasteiger partial charge in [0.2, 0.25) is 17.7 Å². The van der Waals surface area contributed by atoms with Crippen molar-refractivity contribution >= 4 is 29.4 Å². The zero-order valence-corrected chi connectivity index (χ0v) is 16.1. The number of hydrogen-bond acceptors (Lipinski definition) is 5. The van der Waals surface area contributed by atoms with E-state index in [-0.39, 0.29) is 43.3 Å². The van der Waals surface area contributed by atoms with Crippen LogP contribution in [0.4, 0.5) is 5.69 Å². The fourth-order valence-corrected chi connectivity index (χ4v) is 2.16. The second kappa shape index (κ2) is 10.9. The zero-order chi connectivity index (χ0) is 20.4. The van der Waals surface area contributed by atoms with Crippen molar-refractivity contribution in [2.75, 3.05) is 11.9 Å². The molecule has 0 radical (unpaired) electrons. The number of carbonyl (C=O) groups is 4. The topological polar surface area (TPSA) is 114 Å². The molecule has 0 aliphatic rings. The van der Waals surface area contributed by atoms with Gasteiger partial charge in [-0.05, 0) is 23.6 Å². The van der Waals surface area contributed by atoms with Crippen LogP contribution in [-0.2, 0) is 30.5 Å². The number of carbonyl (C=O) groups excluding carboxylic acids is 4. The first-order valence-corrected chi connectivity index (χ1v) is 8.82. The fraction of sp³-hybridized carbons (Fsp3) is 0.474. The third-order valence-corrected chi connectivity index (χ3v) is 3.69. The molecule has 27 heavy (non-hydrogen) atoms. The molecule has 0 bridgehead atoms. The molecule has 1 unspecified atom stereocenters. The summed E-state index contributed by atoms with van der Waals surface area (Å²) in [6.45, 7) is 6.63. The summed E-state index contributed by atoms with van der Waals surface area (Å²) < 4.78 is 4.89. The lowest BCUT2D eigenvalue weighted by atomic mass is 10.0. The Morgan fingerprint density at radius 3 is 2.19 bits per heavy atom. The van der Waals surface area contributed by atoms with E-state index in [9.17, 15) is 19.2 Å². The maximum atomic E-state index is 12.2. The lowest BCUT2D eigenvalue weighted by Gasteiger charge is -2.21. The molecule has 0 heterocycles. The molecule has 0 aromatic heterocycles. The maximum Gasteiger partial charge on any atom is 0.302 e. The number of hydrogen-bond donors (Lipinski definition) is 3. The van der Waals surface area contributed by atoms with Gasteiger partial charge in [0, 0.05) is 19.0 Å². The molecule has 3 N–H and O–H groups in total. The average Bonchev–Trinajstić information content (AvgIpc) is 2.63. The van der Waals surface area contributed by atoms with Gasteiger partial charge in [-0.3, -0.25) is 19.2 Å². The molecule has 0 aliphatic carbocycles. The predicted molar refractivity (Wildman–Crippen MR) is 101 cm³/mol. The van der Waals surface area contributed by atoms with E-state index in [4.69, 9.17) is 4.74 Å². The Balaban J connectivity index is 2.50. The molecule has 3 amide bonds. The van der Waals surface area contributed by atoms with Crippen molar-refractivity contribution < 1.29 is 23.9 Å². The van der Waals surface area contributed by atoms with Crippen molar-refractivity contribution in [3.05, 3.63) is 29.8 Å². The first-order chi connectivity index (χ1) is 12.7. The number of benzene rings is 1. The first kappa shape index (κ1) is 22.1. The van der Waals surface area contributed by atoms with E-state index in [0.717, 1.165) is 5.56 Å². The molecule has 1 rings (SSSR count). The third-order valence-electron chi connectivity index (χ3n) is 3.69. The van der Waals surface area contributed by atoms with E-state index in [1.54, 1.807) is 31.2 Å². The van der Waals surface area contributed by atoms with Gasteiger partial charge in [-0.1, -0.05) is 32.9 Å². The van der Waals surface area contributed by atoms with E-state index in [1.807, 2.05) is 13.8 Å². The van der Waals surface area contributed by atoms with Crippen LogP contribution in [0.2, 0.25) is 0 Å². The van der Waals surface area contributed by atoms with Crippen molar-refractivity contribution in [3.8, 4) is 0 Å². The van der Waals surface area contributed by atoms with Crippen molar-refractivity contribution in [3.63, 3.8) is 0 Å². The molecule has 8 nitrogen and oxygen atoms in total. The van der Waals surface area contributed by atoms with Crippen LogP contribution in [0.15, 0.2) is 24.3 Å². The van der Waals surface area contributed by atoms with Gasteiger partial charge in [-0.25, -0.2) is 0 Å². The molecular weight excluding hydrogens is 350 g/mol. The number of rotatable bonds is 9. The molecule has 0 saturated heterocycles. The number of anilines is 1. The molecule has 0 spiro atoms. The summed E-state index contributed by atoms with van der Waals surface area (Å²) in [6.07, 6.45) is 0.282. The van der Waals surface area contributed by atoms with E-state index in [2.05, 4.69) is 16.0 Å². The Kier molecular flexibility index (Phi) is 8.98. The summed E-state index contributed by atoms with van der Waals surface area (Å²) in [5, 5.41) is 7.84. The third kappa shape index (κ3) is 8.35. The van der Waals surface area contributed by atoms with Crippen LogP contribution in [0.1, 0.15) is 39.7 Å². The summed E-state index contributed by atoms with van der Waals surface area (Å²) >= 11 is 0. The highest BCUT2D eigenvalue weighted by Gasteiger charge is 2.23. The Hall–Kier alpha value is -2.90. The number of nitrogens with one attached hydrogen (secondary N) is 3. The van der Waals surface area contributed by atoms with Crippen LogP contribution >= 0.6 is 0 Å². The highest BCUT2D eigenvalue weighted by molar-refractivity contribution is 5.96. The molecule has 148 valence electrons. The molecule has 0 saturated carbocycles. The molecule has 1 atom stereocenters. The van der Waals surface area contributed by atoms with Crippen LogP contribution in [0.3, 0.4) is 0 Å². The van der Waals surface area contributed by atoms with Crippen LogP contribution in [0.5, 0.6) is 0 Å². The second-order valence-corrected chi connectivity index (χ2v) is 6.39. The minimum absolute atomic E-state index is 0.103. The summed E-state index contributed by atoms with van der Waals surface area (Å²) in [4.78, 5) is 46.5. The molecular formula is C19H27N3O5. The lowest BCUT2D eigenvalue weighted by molar-refractivity contribution is -0.142. The Bertz CT molecular complexity index is 670. The van der Waals surface area contributed by atoms with Gasteiger partial charge in [0.05, 0.1) is 6.54 Å². The van der Waals surface area contributed by atoms with Gasteiger partial charge in [-0.2, -0.15) is 0 Å². The Labute approximate surface area is 159 Å². The van der Waals surface area contributed by atoms with Crippen LogP contribution in [0.25, 0.3) is 0 Å². The van der Waals surface area contributed by atoms with Gasteiger partial charge in [0.25, 0.3) is 0 Å². The van der Waals surface area contributed by atoms with E-state index in [0.29, 0.717) is 5.69 Å². The Morgan fingerprint density at radius 2 is 1.67 bits per heavy atom. The molecule has 1 aromatic rings. The van der Waals surface area contributed by atoms with Gasteiger partial charge in [0.15, 0.2) is 0 Å². The first-order valence-electron chi connectivity index (χ1n) is 8.82. The quantitative estimate of drug-likeness (QED) is 0.562. The van der Waals surface area contributed by atoms with E-state index < -0.39 is 11.9 Å². The van der Waals surface area contributed by atoms with Crippen LogP contribution < -0.4 is 16.0 Å². The molecule has 0 aliphatic heterocycles. The second-order valence-electron chi connectivity index (χ2n) is 6.39. The summed E-state index contributed by atoms with van der Waals surface area (Å²) in [7, 11) is 0. The van der Waals surface area contributed by atoms with Crippen molar-refractivity contribution in [2.45, 2.75) is 46.8 Å². The fourth-order valence-electron chi connectivity index (χ4n) is 2.16. The largest absolute Gasteiger partial charge is 0.461 e. The lowest BCUT2D eigenvalue weighted by Crippen LogP contribution is -2.50. The molecule has 8 heteroatoms. The maximum absolute atomic E-state index is 12.2. The van der Waals surface area contributed by atoms with Gasteiger partial charge >= 0.3 is 5.97 Å². The van der Waals surface area contributed by atoms with Gasteiger partial charge < -0.3 is 20.7 Å². The summed E-state index contributed by atoms with van der Waals surface area (Å²) in [5.41, 5.74) is 1.35. The normalized spacial score (nSPS) is 11.4. The zero-order valence-electron chi connectivity index (χ0n) is 16.1. The monoisotopic (exact) mass is 377 g/mol. The van der Waals surface area contributed by atoms with Crippen molar-refractivity contribution in [1.29, 1.82) is 0 Å². The van der Waals surface area contributed by atoms with Crippen LogP contribution in [-0.4, -0.2) is 36.3 Å². The van der Waals surface area contributed by atoms with Gasteiger partial charge in [0.1, 0.15) is 12.6 Å². The smallest absolute Gasteiger partial charge is 0.302 e. The molecule has 0 fully saturated rings. The predicted octanol–water partition coefficient (Wildman–Crippen LogP) is 1.36. The van der Waals surface area contributed by atoms with Crippen molar-refractivity contribution in [1.82, 2.24) is 10.6 Å². The van der Waals surface area contributed by atoms with Crippen molar-refractivity contribution in [2.24, 2.45) is 5.92 Å². The minimum atomic E-state index is -0.689. The summed E-state index contributed by atoms with van der Waals surface area (Å²) in [5.74, 6) is -1.48. The number of amides is 3.